The van der Waals surface area contributed by atoms with Crippen molar-refractivity contribution in [3.8, 4) is 5.75 Å². The number of nitrogens with zero attached hydrogens (tertiary/aromatic N) is 2. The van der Waals surface area contributed by atoms with Crippen LogP contribution in [0.15, 0.2) is 54.6 Å². The number of benzene rings is 2. The summed E-state index contributed by atoms with van der Waals surface area (Å²) in [7, 11) is 0. The zero-order valence-electron chi connectivity index (χ0n) is 17.0. The van der Waals surface area contributed by atoms with Crippen molar-refractivity contribution < 1.29 is 9.53 Å². The summed E-state index contributed by atoms with van der Waals surface area (Å²) in [4.78, 5) is 19.5. The number of carbonyl (C=O) groups is 1. The van der Waals surface area contributed by atoms with Gasteiger partial charge in [-0.3, -0.25) is 4.79 Å². The van der Waals surface area contributed by atoms with Gasteiger partial charge in [-0.1, -0.05) is 31.2 Å². The van der Waals surface area contributed by atoms with Crippen molar-refractivity contribution in [3.63, 3.8) is 0 Å². The second-order valence-electron chi connectivity index (χ2n) is 7.87. The quantitative estimate of drug-likeness (QED) is 0.681. The number of ether oxygens (including phenoxy) is 1. The Hall–Kier alpha value is -3.08. The number of piperidine rings is 1. The highest BCUT2D eigenvalue weighted by Gasteiger charge is 2.18. The first-order valence-electron chi connectivity index (χ1n) is 10.2. The molecule has 0 aliphatic carbocycles. The van der Waals surface area contributed by atoms with Crippen LogP contribution < -0.4 is 15.0 Å². The molecule has 1 aliphatic heterocycles. The van der Waals surface area contributed by atoms with Gasteiger partial charge < -0.3 is 15.0 Å². The predicted molar refractivity (Wildman–Crippen MR) is 118 cm³/mol. The Morgan fingerprint density at radius 3 is 2.72 bits per heavy atom. The summed E-state index contributed by atoms with van der Waals surface area (Å²) >= 11 is 0. The molecular formula is C24H27N3O2. The molecular weight excluding hydrogens is 362 g/mol. The number of rotatable bonds is 5. The van der Waals surface area contributed by atoms with E-state index in [4.69, 9.17) is 9.72 Å². The maximum atomic E-state index is 12.3. The van der Waals surface area contributed by atoms with Crippen molar-refractivity contribution >= 4 is 28.3 Å². The van der Waals surface area contributed by atoms with Crippen LogP contribution in [0.25, 0.3) is 10.9 Å². The van der Waals surface area contributed by atoms with E-state index in [1.165, 1.54) is 12.8 Å². The van der Waals surface area contributed by atoms with Crippen LogP contribution in [0.1, 0.15) is 25.3 Å². The summed E-state index contributed by atoms with van der Waals surface area (Å²) in [5.41, 5.74) is 2.67. The van der Waals surface area contributed by atoms with Crippen molar-refractivity contribution in [1.29, 1.82) is 0 Å². The number of aromatic nitrogens is 1. The van der Waals surface area contributed by atoms with Crippen molar-refractivity contribution in [1.82, 2.24) is 4.98 Å². The number of para-hydroxylation sites is 1. The van der Waals surface area contributed by atoms with Gasteiger partial charge in [0.15, 0.2) is 6.61 Å². The maximum absolute atomic E-state index is 12.3. The Bertz CT molecular complexity index is 1010. The van der Waals surface area contributed by atoms with E-state index in [9.17, 15) is 4.79 Å². The first-order chi connectivity index (χ1) is 14.1. The summed E-state index contributed by atoms with van der Waals surface area (Å²) in [6, 6.07) is 17.7. The normalized spacial score (nSPS) is 14.8. The lowest BCUT2D eigenvalue weighted by molar-refractivity contribution is -0.118. The zero-order valence-corrected chi connectivity index (χ0v) is 17.0. The molecule has 0 spiro atoms. The highest BCUT2D eigenvalue weighted by molar-refractivity contribution is 5.92. The minimum atomic E-state index is -0.186. The fourth-order valence-electron chi connectivity index (χ4n) is 3.70. The summed E-state index contributed by atoms with van der Waals surface area (Å²) in [6.45, 7) is 6.30. The SMILES string of the molecule is Cc1cccc(NC(=O)COc2cccc3ccc(N4CCC(C)CC4)nc23)c1. The van der Waals surface area contributed by atoms with Gasteiger partial charge in [-0.25, -0.2) is 4.98 Å². The lowest BCUT2D eigenvalue weighted by Crippen LogP contribution is -2.33. The van der Waals surface area contributed by atoms with Gasteiger partial charge in [0.1, 0.15) is 17.1 Å². The van der Waals surface area contributed by atoms with E-state index < -0.39 is 0 Å². The van der Waals surface area contributed by atoms with Crippen LogP contribution in [-0.2, 0) is 4.79 Å². The van der Waals surface area contributed by atoms with Crippen LogP contribution in [0, 0.1) is 12.8 Å². The molecule has 150 valence electrons. The minimum absolute atomic E-state index is 0.0554. The van der Waals surface area contributed by atoms with E-state index in [-0.39, 0.29) is 12.5 Å². The third-order valence-electron chi connectivity index (χ3n) is 5.44. The molecule has 1 aliphatic rings. The molecule has 1 saturated heterocycles. The lowest BCUT2D eigenvalue weighted by Gasteiger charge is -2.31. The van der Waals surface area contributed by atoms with Gasteiger partial charge in [0.25, 0.3) is 5.91 Å². The average molecular weight is 389 g/mol. The molecule has 29 heavy (non-hydrogen) atoms. The van der Waals surface area contributed by atoms with Crippen LogP contribution in [0.5, 0.6) is 5.75 Å². The Morgan fingerprint density at radius 1 is 1.14 bits per heavy atom. The first kappa shape index (κ1) is 19.2. The van der Waals surface area contributed by atoms with E-state index in [1.807, 2.05) is 49.4 Å². The molecule has 0 saturated carbocycles. The van der Waals surface area contributed by atoms with Crippen LogP contribution in [-0.4, -0.2) is 30.6 Å². The number of amides is 1. The van der Waals surface area contributed by atoms with Gasteiger partial charge in [-0.05, 0) is 61.6 Å². The fraction of sp³-hybridized carbons (Fsp3) is 0.333. The van der Waals surface area contributed by atoms with E-state index in [1.54, 1.807) is 0 Å². The van der Waals surface area contributed by atoms with E-state index in [0.29, 0.717) is 5.75 Å². The third kappa shape index (κ3) is 4.67. The molecule has 1 fully saturated rings. The smallest absolute Gasteiger partial charge is 0.262 e. The summed E-state index contributed by atoms with van der Waals surface area (Å²) in [5, 5.41) is 3.89. The average Bonchev–Trinajstić information content (AvgIpc) is 2.72. The number of hydrogen-bond acceptors (Lipinski definition) is 4. The Balaban J connectivity index is 1.48. The highest BCUT2D eigenvalue weighted by Crippen LogP contribution is 2.28. The van der Waals surface area contributed by atoms with Crippen LogP contribution in [0.2, 0.25) is 0 Å². The largest absolute Gasteiger partial charge is 0.481 e. The molecule has 1 aromatic heterocycles. The van der Waals surface area contributed by atoms with Crippen molar-refractivity contribution in [2.24, 2.45) is 5.92 Å². The van der Waals surface area contributed by atoms with Crippen molar-refractivity contribution in [3.05, 3.63) is 60.2 Å². The number of nitrogens with one attached hydrogen (secondary N) is 1. The second-order valence-corrected chi connectivity index (χ2v) is 7.87. The maximum Gasteiger partial charge on any atom is 0.262 e. The predicted octanol–water partition coefficient (Wildman–Crippen LogP) is 4.80. The number of pyridine rings is 1. The molecule has 2 heterocycles. The number of aryl methyl sites for hydroxylation is 1. The van der Waals surface area contributed by atoms with Crippen LogP contribution in [0.3, 0.4) is 0 Å². The van der Waals surface area contributed by atoms with Gasteiger partial charge in [-0.2, -0.15) is 0 Å². The molecule has 5 heteroatoms. The summed E-state index contributed by atoms with van der Waals surface area (Å²) in [6.07, 6.45) is 2.38. The van der Waals surface area contributed by atoms with Crippen LogP contribution >= 0.6 is 0 Å². The Labute approximate surface area is 171 Å². The fourth-order valence-corrected chi connectivity index (χ4v) is 3.70. The standard InChI is InChI=1S/C24H27N3O2/c1-17-11-13-27(14-12-17)22-10-9-19-6-4-8-21(24(19)26-22)29-16-23(28)25-20-7-3-5-18(2)15-20/h3-10,15,17H,11-14,16H2,1-2H3,(H,25,28). The molecule has 3 aromatic rings. The highest BCUT2D eigenvalue weighted by atomic mass is 16.5. The van der Waals surface area contributed by atoms with E-state index >= 15 is 0 Å². The van der Waals surface area contributed by atoms with Gasteiger partial charge in [0.05, 0.1) is 0 Å². The second kappa shape index (κ2) is 8.52. The number of carbonyl (C=O) groups excluding carboxylic acids is 1. The number of fused-ring (bicyclic) bond motifs is 1. The third-order valence-corrected chi connectivity index (χ3v) is 5.44. The number of hydrogen-bond donors (Lipinski definition) is 1. The van der Waals surface area contributed by atoms with E-state index in [0.717, 1.165) is 47.0 Å². The summed E-state index contributed by atoms with van der Waals surface area (Å²) in [5.74, 6) is 2.20. The topological polar surface area (TPSA) is 54.5 Å². The lowest BCUT2D eigenvalue weighted by atomic mass is 9.99. The van der Waals surface area contributed by atoms with Crippen molar-refractivity contribution in [2.75, 3.05) is 29.9 Å². The van der Waals surface area contributed by atoms with Gasteiger partial charge >= 0.3 is 0 Å². The molecule has 0 unspecified atom stereocenters. The number of anilines is 2. The molecule has 4 rings (SSSR count). The Kier molecular flexibility index (Phi) is 5.65. The molecule has 0 bridgehead atoms. The van der Waals surface area contributed by atoms with E-state index in [2.05, 4.69) is 29.3 Å². The first-order valence-corrected chi connectivity index (χ1v) is 10.2. The Morgan fingerprint density at radius 2 is 1.93 bits per heavy atom. The molecule has 0 atom stereocenters. The van der Waals surface area contributed by atoms with Crippen molar-refractivity contribution in [2.45, 2.75) is 26.7 Å². The molecule has 0 radical (unpaired) electrons. The monoisotopic (exact) mass is 389 g/mol. The molecule has 1 N–H and O–H groups in total. The van der Waals surface area contributed by atoms with Gasteiger partial charge in [-0.15, -0.1) is 0 Å². The van der Waals surface area contributed by atoms with Gasteiger partial charge in [0.2, 0.25) is 0 Å². The molecule has 1 amide bonds. The minimum Gasteiger partial charge on any atom is -0.481 e. The zero-order chi connectivity index (χ0) is 20.2. The summed E-state index contributed by atoms with van der Waals surface area (Å²) < 4.78 is 5.85. The molecule has 2 aromatic carbocycles. The van der Waals surface area contributed by atoms with Gasteiger partial charge in [0, 0.05) is 24.2 Å². The van der Waals surface area contributed by atoms with Crippen LogP contribution in [0.4, 0.5) is 11.5 Å². The molecule has 5 nitrogen and oxygen atoms in total.